The maximum absolute atomic E-state index is 10.5. The van der Waals surface area contributed by atoms with Crippen molar-refractivity contribution in [1.29, 1.82) is 0 Å². The summed E-state index contributed by atoms with van der Waals surface area (Å²) >= 11 is 0. The number of aryl methyl sites for hydroxylation is 2. The van der Waals surface area contributed by atoms with Gasteiger partial charge in [0.05, 0.1) is 11.9 Å². The Morgan fingerprint density at radius 3 is 1.06 bits per heavy atom. The molecule has 2 aromatic carbocycles. The van der Waals surface area contributed by atoms with Crippen molar-refractivity contribution >= 4 is 11.9 Å². The number of nitrogens with zero attached hydrogens (tertiary/aromatic N) is 8. The van der Waals surface area contributed by atoms with Gasteiger partial charge in [-0.25, -0.2) is 0 Å². The fourth-order valence-electron chi connectivity index (χ4n) is 2.30. The summed E-state index contributed by atoms with van der Waals surface area (Å²) in [5, 5.41) is 51.4. The fourth-order valence-corrected chi connectivity index (χ4v) is 2.30. The van der Waals surface area contributed by atoms with Crippen LogP contribution in [0.1, 0.15) is 32.4 Å². The van der Waals surface area contributed by atoms with Crippen LogP contribution in [0.3, 0.4) is 0 Å². The summed E-state index contributed by atoms with van der Waals surface area (Å²) in [6.07, 6.45) is 0. The molecule has 0 N–H and O–H groups in total. The van der Waals surface area contributed by atoms with E-state index in [-0.39, 0.29) is 30.6 Å². The number of carbonyl (C=O) groups excluding carboxylic acids is 2. The van der Waals surface area contributed by atoms with E-state index in [1.54, 1.807) is 38.1 Å². The molecule has 0 unspecified atom stereocenters. The summed E-state index contributed by atoms with van der Waals surface area (Å²) in [5.41, 5.74) is 1.53. The van der Waals surface area contributed by atoms with Gasteiger partial charge in [0.2, 0.25) is 11.6 Å². The summed E-state index contributed by atoms with van der Waals surface area (Å²) in [6, 6.07) is 12.0. The number of aromatic nitrogens is 8. The third kappa shape index (κ3) is 6.94. The molecule has 0 aliphatic rings. The molecule has 12 nitrogen and oxygen atoms in total. The van der Waals surface area contributed by atoms with Crippen LogP contribution in [0.5, 0.6) is 0 Å². The second kappa shape index (κ2) is 11.5. The zero-order valence-electron chi connectivity index (χ0n) is 17.5. The standard InChI is InChI=1S/2C10H8N4O2.Zn/c2*1-6-11-13-9(14-12-6)7-2-4-8(5-3-7)10(15)16;/h2*2-5H,1H3,(H,15,16);/q;;+2/p-2. The third-order valence-electron chi connectivity index (χ3n) is 3.92. The molecule has 2 aromatic heterocycles. The molecule has 0 spiro atoms. The minimum Gasteiger partial charge on any atom is -0.545 e. The minimum absolute atomic E-state index is 0. The van der Waals surface area contributed by atoms with Crippen molar-refractivity contribution < 1.29 is 39.3 Å². The minimum atomic E-state index is -1.22. The third-order valence-corrected chi connectivity index (χ3v) is 3.92. The Labute approximate surface area is 199 Å². The average molecular weight is 496 g/mol. The predicted molar refractivity (Wildman–Crippen MR) is 104 cm³/mol. The van der Waals surface area contributed by atoms with Gasteiger partial charge in [0.25, 0.3) is 0 Å². The number of aromatic carboxylic acids is 2. The topological polar surface area (TPSA) is 183 Å². The second-order valence-electron chi connectivity index (χ2n) is 6.27. The number of carbonyl (C=O) groups is 2. The Morgan fingerprint density at radius 2 is 0.818 bits per heavy atom. The number of hydrogen-bond acceptors (Lipinski definition) is 12. The number of rotatable bonds is 4. The molecule has 0 radical (unpaired) electrons. The monoisotopic (exact) mass is 494 g/mol. The number of carboxylic acid groups (broad SMARTS) is 2. The largest absolute Gasteiger partial charge is 2.00 e. The molecule has 0 aliphatic heterocycles. The molecule has 0 bridgehead atoms. The van der Waals surface area contributed by atoms with E-state index in [4.69, 9.17) is 0 Å². The van der Waals surface area contributed by atoms with E-state index < -0.39 is 11.9 Å². The zero-order chi connectivity index (χ0) is 23.1. The summed E-state index contributed by atoms with van der Waals surface area (Å²) in [7, 11) is 0. The van der Waals surface area contributed by atoms with Crippen LogP contribution in [0, 0.1) is 13.8 Å². The van der Waals surface area contributed by atoms with Gasteiger partial charge in [0, 0.05) is 11.1 Å². The van der Waals surface area contributed by atoms with Gasteiger partial charge in [0.15, 0.2) is 11.6 Å². The Morgan fingerprint density at radius 1 is 0.545 bits per heavy atom. The normalized spacial score (nSPS) is 9.76. The SMILES string of the molecule is Cc1nnc(-c2ccc(C(=O)[O-])cc2)nn1.Cc1nnc(-c2ccc(C(=O)[O-])cc2)nn1.[Zn+2]. The van der Waals surface area contributed by atoms with E-state index in [1.165, 1.54) is 24.3 Å². The molecule has 33 heavy (non-hydrogen) atoms. The smallest absolute Gasteiger partial charge is 0.545 e. The van der Waals surface area contributed by atoms with Crippen molar-refractivity contribution in [2.24, 2.45) is 0 Å². The van der Waals surface area contributed by atoms with E-state index in [0.29, 0.717) is 34.4 Å². The van der Waals surface area contributed by atoms with Crippen molar-refractivity contribution in [1.82, 2.24) is 40.8 Å². The van der Waals surface area contributed by atoms with Crippen LogP contribution in [-0.4, -0.2) is 52.7 Å². The average Bonchev–Trinajstić information content (AvgIpc) is 2.81. The summed E-state index contributed by atoms with van der Waals surface area (Å²) < 4.78 is 0. The molecule has 4 rings (SSSR count). The summed E-state index contributed by atoms with van der Waals surface area (Å²) in [6.45, 7) is 3.37. The maximum Gasteiger partial charge on any atom is 2.00 e. The molecule has 0 amide bonds. The van der Waals surface area contributed by atoms with E-state index >= 15 is 0 Å². The first-order valence-electron chi connectivity index (χ1n) is 9.05. The van der Waals surface area contributed by atoms with Crippen molar-refractivity contribution in [3.8, 4) is 22.8 Å². The number of carboxylic acids is 2. The quantitative estimate of drug-likeness (QED) is 0.322. The van der Waals surface area contributed by atoms with Crippen molar-refractivity contribution in [2.75, 3.05) is 0 Å². The molecule has 4 aromatic rings. The molecule has 0 saturated heterocycles. The summed E-state index contributed by atoms with van der Waals surface area (Å²) in [5.74, 6) is -0.753. The van der Waals surface area contributed by atoms with Gasteiger partial charge in [-0.15, -0.1) is 40.8 Å². The maximum atomic E-state index is 10.5. The first kappa shape index (κ1) is 25.1. The second-order valence-corrected chi connectivity index (χ2v) is 6.27. The van der Waals surface area contributed by atoms with Crippen LogP contribution in [0.15, 0.2) is 48.5 Å². The van der Waals surface area contributed by atoms with Gasteiger partial charge in [-0.1, -0.05) is 48.5 Å². The van der Waals surface area contributed by atoms with Crippen molar-refractivity contribution in [2.45, 2.75) is 13.8 Å². The van der Waals surface area contributed by atoms with E-state index in [2.05, 4.69) is 40.8 Å². The first-order chi connectivity index (χ1) is 15.3. The van der Waals surface area contributed by atoms with Gasteiger partial charge in [0.1, 0.15) is 0 Å². The number of hydrogen-bond donors (Lipinski definition) is 0. The molecule has 160 valence electrons. The molecule has 2 heterocycles. The Hall–Kier alpha value is -4.12. The van der Waals surface area contributed by atoms with Crippen LogP contribution in [-0.2, 0) is 19.5 Å². The molecule has 13 heteroatoms. The van der Waals surface area contributed by atoms with Crippen LogP contribution < -0.4 is 10.2 Å². The fraction of sp³-hybridized carbons (Fsp3) is 0.100. The Bertz CT molecular complexity index is 1120. The van der Waals surface area contributed by atoms with Gasteiger partial charge >= 0.3 is 19.5 Å². The van der Waals surface area contributed by atoms with Gasteiger partial charge in [-0.2, -0.15) is 0 Å². The van der Waals surface area contributed by atoms with Crippen molar-refractivity contribution in [3.05, 3.63) is 71.3 Å². The van der Waals surface area contributed by atoms with Gasteiger partial charge in [-0.05, 0) is 25.0 Å². The van der Waals surface area contributed by atoms with Crippen molar-refractivity contribution in [3.63, 3.8) is 0 Å². The Balaban J connectivity index is 0.000000227. The van der Waals surface area contributed by atoms with E-state index in [0.717, 1.165) is 0 Å². The molecule has 0 saturated carbocycles. The van der Waals surface area contributed by atoms with E-state index in [9.17, 15) is 19.8 Å². The van der Waals surface area contributed by atoms with Crippen LogP contribution in [0.4, 0.5) is 0 Å². The number of benzene rings is 2. The molecule has 0 aliphatic carbocycles. The molecular formula is C20H14N8O4Zn. The predicted octanol–water partition coefficient (Wildman–Crippen LogP) is -0.791. The van der Waals surface area contributed by atoms with Crippen LogP contribution >= 0.6 is 0 Å². The van der Waals surface area contributed by atoms with Gasteiger partial charge in [-0.3, -0.25) is 0 Å². The summed E-state index contributed by atoms with van der Waals surface area (Å²) in [4.78, 5) is 21.1. The Kier molecular flexibility index (Phi) is 8.75. The van der Waals surface area contributed by atoms with Crippen LogP contribution in [0.25, 0.3) is 22.8 Å². The van der Waals surface area contributed by atoms with Gasteiger partial charge < -0.3 is 19.8 Å². The molecule has 0 fully saturated rings. The first-order valence-corrected chi connectivity index (χ1v) is 9.05. The zero-order valence-corrected chi connectivity index (χ0v) is 20.5. The molecular weight excluding hydrogens is 482 g/mol. The van der Waals surface area contributed by atoms with Crippen LogP contribution in [0.2, 0.25) is 0 Å². The van der Waals surface area contributed by atoms with E-state index in [1.807, 2.05) is 0 Å². The molecule has 0 atom stereocenters.